The fourth-order valence-electron chi connectivity index (χ4n) is 6.05. The van der Waals surface area contributed by atoms with E-state index < -0.39 is 0 Å². The Kier molecular flexibility index (Phi) is 7.65. The molecule has 0 aromatic heterocycles. The number of hydrogen-bond donors (Lipinski definition) is 0. The van der Waals surface area contributed by atoms with Gasteiger partial charge >= 0.3 is 0 Å². The second-order valence-electron chi connectivity index (χ2n) is 10.5. The first-order valence-electron chi connectivity index (χ1n) is 12.5. The van der Waals surface area contributed by atoms with Crippen molar-refractivity contribution < 1.29 is 0 Å². The summed E-state index contributed by atoms with van der Waals surface area (Å²) in [5, 5.41) is 19.9. The molecule has 0 atom stereocenters. The number of nitriles is 2. The molecule has 3 aromatic rings. The molecule has 0 aliphatic heterocycles. The predicted octanol–water partition coefficient (Wildman–Crippen LogP) is 6.41. The van der Waals surface area contributed by atoms with Crippen LogP contribution in [-0.2, 0) is 0 Å². The average Bonchev–Trinajstić information content (AvgIpc) is 2.84. The van der Waals surface area contributed by atoms with Gasteiger partial charge in [-0.15, -0.1) is 0 Å². The molecule has 3 rings (SSSR count). The first-order chi connectivity index (χ1) is 16.7. The van der Waals surface area contributed by atoms with Crippen molar-refractivity contribution in [3.63, 3.8) is 0 Å². The highest BCUT2D eigenvalue weighted by Crippen LogP contribution is 2.29. The van der Waals surface area contributed by atoms with Crippen LogP contribution in [0.5, 0.6) is 0 Å². The summed E-state index contributed by atoms with van der Waals surface area (Å²) in [5.41, 5.74) is 19.5. The van der Waals surface area contributed by atoms with Gasteiger partial charge < -0.3 is 0 Å². The summed E-state index contributed by atoms with van der Waals surface area (Å²) < 4.78 is 1.17. The van der Waals surface area contributed by atoms with Crippen molar-refractivity contribution in [3.05, 3.63) is 82.4 Å². The monoisotopic (exact) mass is 538 g/mol. The molecule has 184 valence electrons. The van der Waals surface area contributed by atoms with Crippen LogP contribution in [0, 0.1) is 106 Å². The van der Waals surface area contributed by atoms with Gasteiger partial charge in [0.2, 0.25) is 6.71 Å². The van der Waals surface area contributed by atoms with E-state index in [-0.39, 0.29) is 6.71 Å². The summed E-state index contributed by atoms with van der Waals surface area (Å²) in [6.07, 6.45) is 0. The van der Waals surface area contributed by atoms with Gasteiger partial charge in [0, 0.05) is 4.47 Å². The van der Waals surface area contributed by atoms with Crippen molar-refractivity contribution in [1.29, 1.82) is 10.5 Å². The van der Waals surface area contributed by atoms with Gasteiger partial charge in [0.25, 0.3) is 0 Å². The molecule has 0 bridgehead atoms. The fraction of sp³-hybridized carbons (Fsp3) is 0.375. The van der Waals surface area contributed by atoms with Crippen LogP contribution in [0.3, 0.4) is 0 Å². The molecule has 0 heterocycles. The number of halogens is 1. The molecule has 0 saturated heterocycles. The Balaban J connectivity index is 2.71. The largest absolute Gasteiger partial charge is 0.243 e. The van der Waals surface area contributed by atoms with Crippen molar-refractivity contribution in [1.82, 2.24) is 0 Å². The highest BCUT2D eigenvalue weighted by Gasteiger charge is 2.35. The van der Waals surface area contributed by atoms with Gasteiger partial charge in [0.05, 0.1) is 23.3 Å². The number of benzene rings is 3. The summed E-state index contributed by atoms with van der Waals surface area (Å²) in [6, 6.07) is 4.91. The molecule has 4 heteroatoms. The second kappa shape index (κ2) is 9.92. The lowest BCUT2D eigenvalue weighted by atomic mass is 9.32. The number of hydrogen-bond acceptors (Lipinski definition) is 2. The standard InChI is InChI=1S/C32H36BBrN2/c1-15-19(5)29(20(6)16(2)27(15)13-35)33(31-23(9)25(11)32(34)26(12)24(31)10)30-21(7)17(3)28(14-36)18(4)22(30)8/h1-12H3. The molecule has 0 N–H and O–H groups in total. The van der Waals surface area contributed by atoms with Crippen LogP contribution in [0.25, 0.3) is 0 Å². The van der Waals surface area contributed by atoms with Gasteiger partial charge in [-0.3, -0.25) is 0 Å². The molecular formula is C32H36BBrN2. The maximum absolute atomic E-state index is 9.94. The third-order valence-electron chi connectivity index (χ3n) is 9.05. The van der Waals surface area contributed by atoms with Crippen LogP contribution in [0.15, 0.2) is 4.47 Å². The third-order valence-corrected chi connectivity index (χ3v) is 10.2. The van der Waals surface area contributed by atoms with E-state index in [4.69, 9.17) is 0 Å². The number of nitrogens with zero attached hydrogens (tertiary/aromatic N) is 2. The fourth-order valence-corrected chi connectivity index (χ4v) is 6.64. The van der Waals surface area contributed by atoms with E-state index in [1.165, 1.54) is 65.4 Å². The van der Waals surface area contributed by atoms with E-state index in [0.29, 0.717) is 0 Å². The summed E-state index contributed by atoms with van der Waals surface area (Å²) in [6.45, 7) is 25.8. The molecule has 0 aliphatic carbocycles. The van der Waals surface area contributed by atoms with E-state index >= 15 is 0 Å². The lowest BCUT2D eigenvalue weighted by Crippen LogP contribution is -2.58. The Morgan fingerprint density at radius 1 is 0.417 bits per heavy atom. The molecule has 0 spiro atoms. The average molecular weight is 539 g/mol. The van der Waals surface area contributed by atoms with E-state index in [9.17, 15) is 10.5 Å². The lowest BCUT2D eigenvalue weighted by Gasteiger charge is -2.31. The van der Waals surface area contributed by atoms with E-state index in [1.807, 2.05) is 0 Å². The maximum Gasteiger partial charge on any atom is 0.243 e. The van der Waals surface area contributed by atoms with Crippen molar-refractivity contribution in [2.45, 2.75) is 83.1 Å². The maximum atomic E-state index is 9.94. The van der Waals surface area contributed by atoms with Crippen LogP contribution in [0.1, 0.15) is 77.9 Å². The normalized spacial score (nSPS) is 10.9. The SMILES string of the molecule is Cc1c(C)c(B(c2c(C)c(C)c(C#N)c(C)c2C)c2c(C)c(C)c(C#N)c(C)c2C)c(C)c(C)c1Br. The first kappa shape index (κ1) is 27.8. The van der Waals surface area contributed by atoms with Crippen molar-refractivity contribution >= 4 is 39.0 Å². The van der Waals surface area contributed by atoms with Crippen LogP contribution in [0.2, 0.25) is 0 Å². The van der Waals surface area contributed by atoms with Gasteiger partial charge in [0.15, 0.2) is 0 Å². The smallest absolute Gasteiger partial charge is 0.192 e. The topological polar surface area (TPSA) is 47.6 Å². The molecule has 0 aliphatic rings. The van der Waals surface area contributed by atoms with Gasteiger partial charge in [-0.2, -0.15) is 10.5 Å². The minimum Gasteiger partial charge on any atom is -0.192 e. The quantitative estimate of drug-likeness (QED) is 0.362. The molecule has 2 nitrogen and oxygen atoms in total. The van der Waals surface area contributed by atoms with Crippen LogP contribution >= 0.6 is 15.9 Å². The minimum absolute atomic E-state index is 0.00853. The summed E-state index contributed by atoms with van der Waals surface area (Å²) in [7, 11) is 0. The van der Waals surface area contributed by atoms with Gasteiger partial charge in [-0.1, -0.05) is 65.7 Å². The van der Waals surface area contributed by atoms with Crippen LogP contribution in [-0.4, -0.2) is 6.71 Å². The summed E-state index contributed by atoms with van der Waals surface area (Å²) in [5.74, 6) is 0. The highest BCUT2D eigenvalue weighted by atomic mass is 79.9. The van der Waals surface area contributed by atoms with E-state index in [1.54, 1.807) is 0 Å². The second-order valence-corrected chi connectivity index (χ2v) is 11.3. The third kappa shape index (κ3) is 3.92. The van der Waals surface area contributed by atoms with Crippen LogP contribution < -0.4 is 16.4 Å². The van der Waals surface area contributed by atoms with Crippen LogP contribution in [0.4, 0.5) is 0 Å². The van der Waals surface area contributed by atoms with Crippen molar-refractivity contribution in [3.8, 4) is 12.1 Å². The molecule has 0 amide bonds. The van der Waals surface area contributed by atoms with Gasteiger partial charge in [0.1, 0.15) is 0 Å². The Morgan fingerprint density at radius 2 is 0.639 bits per heavy atom. The van der Waals surface area contributed by atoms with E-state index in [2.05, 4.69) is 111 Å². The lowest BCUT2D eigenvalue weighted by molar-refractivity contribution is 1.22. The zero-order chi connectivity index (χ0) is 27.4. The first-order valence-corrected chi connectivity index (χ1v) is 13.3. The molecular weight excluding hydrogens is 503 g/mol. The minimum atomic E-state index is -0.00853. The molecule has 36 heavy (non-hydrogen) atoms. The van der Waals surface area contributed by atoms with Crippen molar-refractivity contribution in [2.24, 2.45) is 0 Å². The molecule has 0 saturated carbocycles. The number of rotatable bonds is 3. The summed E-state index contributed by atoms with van der Waals surface area (Å²) >= 11 is 3.85. The Bertz CT molecular complexity index is 1360. The molecule has 0 unspecified atom stereocenters. The zero-order valence-electron chi connectivity index (χ0n) is 23.8. The Morgan fingerprint density at radius 3 is 0.861 bits per heavy atom. The highest BCUT2D eigenvalue weighted by molar-refractivity contribution is 9.10. The van der Waals surface area contributed by atoms with Gasteiger partial charge in [-0.25, -0.2) is 0 Å². The van der Waals surface area contributed by atoms with E-state index in [0.717, 1.165) is 33.4 Å². The Hall–Kier alpha value is -2.82. The predicted molar refractivity (Wildman–Crippen MR) is 158 cm³/mol. The molecule has 0 radical (unpaired) electrons. The van der Waals surface area contributed by atoms with Crippen molar-refractivity contribution in [2.75, 3.05) is 0 Å². The van der Waals surface area contributed by atoms with Gasteiger partial charge in [-0.05, 0) is 116 Å². The molecule has 0 fully saturated rings. The summed E-state index contributed by atoms with van der Waals surface area (Å²) in [4.78, 5) is 0. The molecule has 3 aromatic carbocycles. The zero-order valence-corrected chi connectivity index (χ0v) is 25.4. The Labute approximate surface area is 226 Å².